The van der Waals surface area contributed by atoms with Gasteiger partial charge >= 0.3 is 18.0 Å². The summed E-state index contributed by atoms with van der Waals surface area (Å²) in [4.78, 5) is 37.5. The fourth-order valence-electron chi connectivity index (χ4n) is 2.19. The molecule has 1 saturated heterocycles. The summed E-state index contributed by atoms with van der Waals surface area (Å²) in [6.07, 6.45) is 0.913. The highest BCUT2D eigenvalue weighted by molar-refractivity contribution is 5.81. The van der Waals surface area contributed by atoms with Crippen LogP contribution in [0.2, 0.25) is 0 Å². The maximum Gasteiger partial charge on any atom is 0.325 e. The molecule has 7 nitrogen and oxygen atoms in total. The van der Waals surface area contributed by atoms with Crippen LogP contribution in [0.4, 0.5) is 4.79 Å². The first-order chi connectivity index (χ1) is 9.49. The van der Waals surface area contributed by atoms with E-state index >= 15 is 0 Å². The van der Waals surface area contributed by atoms with E-state index in [1.54, 1.807) is 18.7 Å². The molecule has 0 aromatic rings. The second kappa shape index (κ2) is 7.72. The van der Waals surface area contributed by atoms with Crippen molar-refractivity contribution < 1.29 is 24.2 Å². The Balaban J connectivity index is 2.51. The van der Waals surface area contributed by atoms with Gasteiger partial charge < -0.3 is 19.6 Å². The second-order valence-corrected chi connectivity index (χ2v) is 4.70. The summed E-state index contributed by atoms with van der Waals surface area (Å²) in [6.45, 7) is 4.96. The first kappa shape index (κ1) is 16.3. The number of likely N-dealkylation sites (tertiary alicyclic amines) is 1. The maximum atomic E-state index is 12.2. The van der Waals surface area contributed by atoms with Gasteiger partial charge in [0.15, 0.2) is 0 Å². The quantitative estimate of drug-likeness (QED) is 0.755. The van der Waals surface area contributed by atoms with Gasteiger partial charge in [-0.25, -0.2) is 4.79 Å². The Kier molecular flexibility index (Phi) is 6.27. The van der Waals surface area contributed by atoms with Gasteiger partial charge in [-0.05, 0) is 26.7 Å². The molecule has 1 rings (SSSR count). The zero-order chi connectivity index (χ0) is 15.1. The molecule has 7 heteroatoms. The largest absolute Gasteiger partial charge is 0.481 e. The van der Waals surface area contributed by atoms with Crippen LogP contribution < -0.4 is 0 Å². The highest BCUT2D eigenvalue weighted by Crippen LogP contribution is 2.18. The molecule has 0 aromatic heterocycles. The fraction of sp³-hybridized carbons (Fsp3) is 0.769. The first-order valence-corrected chi connectivity index (χ1v) is 6.91. The van der Waals surface area contributed by atoms with E-state index in [0.717, 1.165) is 0 Å². The van der Waals surface area contributed by atoms with Crippen LogP contribution in [-0.2, 0) is 14.3 Å². The van der Waals surface area contributed by atoms with Crippen molar-refractivity contribution in [3.63, 3.8) is 0 Å². The van der Waals surface area contributed by atoms with Gasteiger partial charge in [0.1, 0.15) is 6.54 Å². The summed E-state index contributed by atoms with van der Waals surface area (Å²) >= 11 is 0. The normalized spacial score (nSPS) is 15.8. The van der Waals surface area contributed by atoms with Gasteiger partial charge in [0.2, 0.25) is 0 Å². The number of amides is 2. The number of likely N-dealkylation sites (N-methyl/N-ethyl adjacent to an activating group) is 1. The molecule has 0 radical (unpaired) electrons. The topological polar surface area (TPSA) is 87.2 Å². The summed E-state index contributed by atoms with van der Waals surface area (Å²) in [5, 5.41) is 8.92. The Labute approximate surface area is 118 Å². The third-order valence-corrected chi connectivity index (χ3v) is 3.39. The van der Waals surface area contributed by atoms with E-state index in [0.29, 0.717) is 32.5 Å². The SMILES string of the molecule is CCOC(=O)CN(CC)C(=O)N1CCC(C(=O)O)CC1. The van der Waals surface area contributed by atoms with Gasteiger partial charge in [-0.3, -0.25) is 9.59 Å². The monoisotopic (exact) mass is 286 g/mol. The minimum absolute atomic E-state index is 0.0674. The highest BCUT2D eigenvalue weighted by Gasteiger charge is 2.29. The van der Waals surface area contributed by atoms with Gasteiger partial charge in [-0.1, -0.05) is 0 Å². The zero-order valence-corrected chi connectivity index (χ0v) is 12.0. The lowest BCUT2D eigenvalue weighted by Crippen LogP contribution is -2.49. The van der Waals surface area contributed by atoms with Crippen molar-refractivity contribution in [2.75, 3.05) is 32.8 Å². The van der Waals surface area contributed by atoms with Crippen LogP contribution in [0.15, 0.2) is 0 Å². The van der Waals surface area contributed by atoms with E-state index < -0.39 is 11.9 Å². The molecule has 0 aliphatic carbocycles. The van der Waals surface area contributed by atoms with Crippen molar-refractivity contribution in [2.24, 2.45) is 5.92 Å². The lowest BCUT2D eigenvalue weighted by atomic mass is 9.97. The molecule has 1 fully saturated rings. The van der Waals surface area contributed by atoms with Crippen LogP contribution >= 0.6 is 0 Å². The van der Waals surface area contributed by atoms with E-state index in [-0.39, 0.29) is 25.1 Å². The van der Waals surface area contributed by atoms with E-state index in [2.05, 4.69) is 0 Å². The predicted octanol–water partition coefficient (Wildman–Crippen LogP) is 0.788. The third kappa shape index (κ3) is 4.40. The van der Waals surface area contributed by atoms with E-state index in [1.807, 2.05) is 0 Å². The molecule has 0 saturated carbocycles. The van der Waals surface area contributed by atoms with Crippen LogP contribution in [0.3, 0.4) is 0 Å². The van der Waals surface area contributed by atoms with E-state index in [9.17, 15) is 14.4 Å². The summed E-state index contributed by atoms with van der Waals surface area (Å²) in [5.74, 6) is -1.61. The molecule has 0 aromatic carbocycles. The Morgan fingerprint density at radius 3 is 2.30 bits per heavy atom. The lowest BCUT2D eigenvalue weighted by molar-refractivity contribution is -0.143. The summed E-state index contributed by atoms with van der Waals surface area (Å²) < 4.78 is 4.83. The number of carbonyl (C=O) groups is 3. The smallest absolute Gasteiger partial charge is 0.325 e. The number of carboxylic acids is 1. The Morgan fingerprint density at radius 2 is 1.85 bits per heavy atom. The van der Waals surface area contributed by atoms with Crippen molar-refractivity contribution in [1.29, 1.82) is 0 Å². The van der Waals surface area contributed by atoms with Crippen molar-refractivity contribution in [3.8, 4) is 0 Å². The molecule has 1 aliphatic rings. The standard InChI is InChI=1S/C13H22N2O5/c1-3-14(9-11(16)20-4-2)13(19)15-7-5-10(6-8-15)12(17)18/h10H,3-9H2,1-2H3,(H,17,18). The van der Waals surface area contributed by atoms with Gasteiger partial charge in [0.25, 0.3) is 0 Å². The third-order valence-electron chi connectivity index (χ3n) is 3.39. The Hall–Kier alpha value is -1.79. The number of nitrogens with zero attached hydrogens (tertiary/aromatic N) is 2. The van der Waals surface area contributed by atoms with Crippen molar-refractivity contribution in [3.05, 3.63) is 0 Å². The zero-order valence-electron chi connectivity index (χ0n) is 12.0. The minimum atomic E-state index is -0.809. The number of carbonyl (C=O) groups excluding carboxylic acids is 2. The predicted molar refractivity (Wildman–Crippen MR) is 71.2 cm³/mol. The molecule has 0 atom stereocenters. The molecule has 0 spiro atoms. The number of rotatable bonds is 5. The van der Waals surface area contributed by atoms with Crippen LogP contribution in [0.5, 0.6) is 0 Å². The molecule has 0 bridgehead atoms. The number of aliphatic carboxylic acids is 1. The molecule has 114 valence electrons. The van der Waals surface area contributed by atoms with Gasteiger partial charge in [0, 0.05) is 19.6 Å². The van der Waals surface area contributed by atoms with Gasteiger partial charge in [0.05, 0.1) is 12.5 Å². The number of piperidine rings is 1. The number of carboxylic acid groups (broad SMARTS) is 1. The van der Waals surface area contributed by atoms with Gasteiger partial charge in [-0.15, -0.1) is 0 Å². The van der Waals surface area contributed by atoms with E-state index in [1.165, 1.54) is 4.90 Å². The van der Waals surface area contributed by atoms with Crippen molar-refractivity contribution in [1.82, 2.24) is 9.80 Å². The van der Waals surface area contributed by atoms with Gasteiger partial charge in [-0.2, -0.15) is 0 Å². The Morgan fingerprint density at radius 1 is 1.25 bits per heavy atom. The molecule has 2 amide bonds. The van der Waals surface area contributed by atoms with Crippen molar-refractivity contribution in [2.45, 2.75) is 26.7 Å². The van der Waals surface area contributed by atoms with Crippen LogP contribution in [0.1, 0.15) is 26.7 Å². The molecule has 1 aliphatic heterocycles. The number of hydrogen-bond acceptors (Lipinski definition) is 4. The number of urea groups is 1. The molecular formula is C13H22N2O5. The number of esters is 1. The average molecular weight is 286 g/mol. The lowest BCUT2D eigenvalue weighted by Gasteiger charge is -2.34. The maximum absolute atomic E-state index is 12.2. The Bertz CT molecular complexity index is 364. The minimum Gasteiger partial charge on any atom is -0.481 e. The highest BCUT2D eigenvalue weighted by atomic mass is 16.5. The molecule has 0 unspecified atom stereocenters. The first-order valence-electron chi connectivity index (χ1n) is 6.91. The summed E-state index contributed by atoms with van der Waals surface area (Å²) in [7, 11) is 0. The second-order valence-electron chi connectivity index (χ2n) is 4.70. The summed E-state index contributed by atoms with van der Waals surface area (Å²) in [5.41, 5.74) is 0. The van der Waals surface area contributed by atoms with Crippen LogP contribution in [-0.4, -0.2) is 65.7 Å². The van der Waals surface area contributed by atoms with Crippen LogP contribution in [0.25, 0.3) is 0 Å². The van der Waals surface area contributed by atoms with Crippen LogP contribution in [0, 0.1) is 5.92 Å². The molecule has 1 heterocycles. The number of hydrogen-bond donors (Lipinski definition) is 1. The van der Waals surface area contributed by atoms with E-state index in [4.69, 9.17) is 9.84 Å². The molecule has 1 N–H and O–H groups in total. The average Bonchev–Trinajstić information content (AvgIpc) is 2.44. The number of ether oxygens (including phenoxy) is 1. The summed E-state index contributed by atoms with van der Waals surface area (Å²) in [6, 6.07) is -0.232. The fourth-order valence-corrected chi connectivity index (χ4v) is 2.19. The molecule has 20 heavy (non-hydrogen) atoms. The molecular weight excluding hydrogens is 264 g/mol. The van der Waals surface area contributed by atoms with Crippen molar-refractivity contribution >= 4 is 18.0 Å².